The second-order valence-electron chi connectivity index (χ2n) is 5.17. The average Bonchev–Trinajstić information content (AvgIpc) is 2.68. The lowest BCUT2D eigenvalue weighted by Gasteiger charge is -2.41. The van der Waals surface area contributed by atoms with Crippen LogP contribution in [0.25, 0.3) is 0 Å². The number of benzene rings is 1. The van der Waals surface area contributed by atoms with Gasteiger partial charge in [0.2, 0.25) is 10.0 Å². The minimum absolute atomic E-state index is 0.122. The standard InChI is InChI=1S/C13H15BrN2O2S/c14-11-7-9(19(15,17)18)4-5-12(11)16-13-6-8-2-1-3-10(8)13/h1,3-5,7-8,10,13,16H,2,6H2,(H2,15,17,18). The van der Waals surface area contributed by atoms with Crippen LogP contribution in [0.15, 0.2) is 39.7 Å². The third kappa shape index (κ3) is 2.44. The molecule has 0 bridgehead atoms. The molecule has 1 fully saturated rings. The first-order chi connectivity index (χ1) is 8.95. The molecule has 6 heteroatoms. The molecule has 2 aliphatic carbocycles. The van der Waals surface area contributed by atoms with Crippen molar-refractivity contribution in [3.05, 3.63) is 34.8 Å². The molecule has 19 heavy (non-hydrogen) atoms. The summed E-state index contributed by atoms with van der Waals surface area (Å²) in [6.45, 7) is 0. The van der Waals surface area contributed by atoms with Crippen molar-refractivity contribution in [2.75, 3.05) is 5.32 Å². The van der Waals surface area contributed by atoms with Gasteiger partial charge in [-0.15, -0.1) is 0 Å². The molecule has 102 valence electrons. The topological polar surface area (TPSA) is 72.2 Å². The molecule has 3 unspecified atom stereocenters. The lowest BCUT2D eigenvalue weighted by Crippen LogP contribution is -2.43. The molecule has 0 heterocycles. The SMILES string of the molecule is NS(=O)(=O)c1ccc(NC2CC3CC=CC32)c(Br)c1. The molecule has 3 N–H and O–H groups in total. The zero-order valence-electron chi connectivity index (χ0n) is 10.2. The summed E-state index contributed by atoms with van der Waals surface area (Å²) in [4.78, 5) is 0.122. The van der Waals surface area contributed by atoms with E-state index in [2.05, 4.69) is 33.4 Å². The van der Waals surface area contributed by atoms with E-state index in [0.29, 0.717) is 12.0 Å². The highest BCUT2D eigenvalue weighted by Gasteiger charge is 2.41. The number of primary sulfonamides is 1. The number of nitrogens with one attached hydrogen (secondary N) is 1. The van der Waals surface area contributed by atoms with E-state index < -0.39 is 10.0 Å². The molecule has 0 radical (unpaired) electrons. The van der Waals surface area contributed by atoms with Gasteiger partial charge in [-0.2, -0.15) is 0 Å². The highest BCUT2D eigenvalue weighted by atomic mass is 79.9. The van der Waals surface area contributed by atoms with E-state index in [0.717, 1.165) is 16.1 Å². The number of hydrogen-bond acceptors (Lipinski definition) is 3. The number of anilines is 1. The van der Waals surface area contributed by atoms with Gasteiger partial charge in [-0.05, 0) is 52.9 Å². The molecule has 3 atom stereocenters. The maximum atomic E-state index is 11.3. The Morgan fingerprint density at radius 1 is 1.37 bits per heavy atom. The van der Waals surface area contributed by atoms with Crippen LogP contribution in [-0.4, -0.2) is 14.5 Å². The van der Waals surface area contributed by atoms with E-state index >= 15 is 0 Å². The zero-order chi connectivity index (χ0) is 13.6. The van der Waals surface area contributed by atoms with E-state index in [-0.39, 0.29) is 4.90 Å². The van der Waals surface area contributed by atoms with Gasteiger partial charge in [0.1, 0.15) is 0 Å². The maximum Gasteiger partial charge on any atom is 0.238 e. The van der Waals surface area contributed by atoms with Crippen LogP contribution < -0.4 is 10.5 Å². The second kappa shape index (κ2) is 4.61. The molecule has 0 aliphatic heterocycles. The summed E-state index contributed by atoms with van der Waals surface area (Å²) in [6.07, 6.45) is 6.88. The van der Waals surface area contributed by atoms with Gasteiger partial charge in [0.25, 0.3) is 0 Å². The van der Waals surface area contributed by atoms with E-state index in [9.17, 15) is 8.42 Å². The Morgan fingerprint density at radius 3 is 2.79 bits per heavy atom. The smallest absolute Gasteiger partial charge is 0.238 e. The summed E-state index contributed by atoms with van der Waals surface area (Å²) < 4.78 is 23.3. The number of hydrogen-bond donors (Lipinski definition) is 2. The predicted molar refractivity (Wildman–Crippen MR) is 78.3 cm³/mol. The monoisotopic (exact) mass is 342 g/mol. The maximum absolute atomic E-state index is 11.3. The van der Waals surface area contributed by atoms with Crippen molar-refractivity contribution >= 4 is 31.6 Å². The van der Waals surface area contributed by atoms with Crippen molar-refractivity contribution in [1.82, 2.24) is 0 Å². The first-order valence-electron chi connectivity index (χ1n) is 6.21. The Morgan fingerprint density at radius 2 is 2.16 bits per heavy atom. The largest absolute Gasteiger partial charge is 0.381 e. The fraction of sp³-hybridized carbons (Fsp3) is 0.385. The van der Waals surface area contributed by atoms with E-state index in [1.54, 1.807) is 6.07 Å². The summed E-state index contributed by atoms with van der Waals surface area (Å²) in [7, 11) is -3.65. The van der Waals surface area contributed by atoms with E-state index in [1.165, 1.54) is 25.0 Å². The molecule has 1 aromatic carbocycles. The third-order valence-electron chi connectivity index (χ3n) is 3.97. The van der Waals surface area contributed by atoms with Crippen LogP contribution in [0.1, 0.15) is 12.8 Å². The molecule has 1 saturated carbocycles. The van der Waals surface area contributed by atoms with Crippen molar-refractivity contribution in [3.8, 4) is 0 Å². The fourth-order valence-electron chi connectivity index (χ4n) is 2.87. The van der Waals surface area contributed by atoms with Gasteiger partial charge in [0.15, 0.2) is 0 Å². The summed E-state index contributed by atoms with van der Waals surface area (Å²) in [5.74, 6) is 1.41. The van der Waals surface area contributed by atoms with Crippen LogP contribution >= 0.6 is 15.9 Å². The third-order valence-corrected chi connectivity index (χ3v) is 5.54. The minimum atomic E-state index is -3.65. The molecule has 0 spiro atoms. The molecular formula is C13H15BrN2O2S. The number of halogens is 1. The number of fused-ring (bicyclic) bond motifs is 1. The van der Waals surface area contributed by atoms with Crippen LogP contribution in [0.3, 0.4) is 0 Å². The van der Waals surface area contributed by atoms with Gasteiger partial charge < -0.3 is 5.32 Å². The zero-order valence-corrected chi connectivity index (χ0v) is 12.6. The fourth-order valence-corrected chi connectivity index (χ4v) is 4.06. The molecule has 4 nitrogen and oxygen atoms in total. The van der Waals surface area contributed by atoms with Crippen molar-refractivity contribution < 1.29 is 8.42 Å². The Bertz CT molecular complexity index is 642. The Balaban J connectivity index is 1.77. The normalized spacial score (nSPS) is 28.8. The van der Waals surface area contributed by atoms with Crippen LogP contribution in [-0.2, 0) is 10.0 Å². The van der Waals surface area contributed by atoms with Gasteiger partial charge in [-0.1, -0.05) is 12.2 Å². The van der Waals surface area contributed by atoms with Crippen LogP contribution in [0.2, 0.25) is 0 Å². The first-order valence-corrected chi connectivity index (χ1v) is 8.54. The summed E-state index contributed by atoms with van der Waals surface area (Å²) in [5.41, 5.74) is 0.913. The molecule has 0 saturated heterocycles. The number of sulfonamides is 1. The number of rotatable bonds is 3. The van der Waals surface area contributed by atoms with Gasteiger partial charge >= 0.3 is 0 Å². The average molecular weight is 343 g/mol. The van der Waals surface area contributed by atoms with Gasteiger partial charge in [0, 0.05) is 22.1 Å². The summed E-state index contributed by atoms with van der Waals surface area (Å²) in [5, 5.41) is 8.57. The van der Waals surface area contributed by atoms with Crippen molar-refractivity contribution in [2.24, 2.45) is 17.0 Å². The van der Waals surface area contributed by atoms with Crippen molar-refractivity contribution in [2.45, 2.75) is 23.8 Å². The lowest BCUT2D eigenvalue weighted by molar-refractivity contribution is 0.218. The van der Waals surface area contributed by atoms with Crippen LogP contribution in [0.5, 0.6) is 0 Å². The Hall–Kier alpha value is -0.850. The predicted octanol–water partition coefficient (Wildman–Crippen LogP) is 2.47. The Labute approximate surface area is 121 Å². The summed E-state index contributed by atoms with van der Waals surface area (Å²) >= 11 is 3.39. The lowest BCUT2D eigenvalue weighted by atomic mass is 9.71. The van der Waals surface area contributed by atoms with E-state index in [1.807, 2.05) is 0 Å². The van der Waals surface area contributed by atoms with E-state index in [4.69, 9.17) is 5.14 Å². The molecule has 2 aliphatic rings. The molecule has 3 rings (SSSR count). The highest BCUT2D eigenvalue weighted by Crippen LogP contribution is 2.44. The number of allylic oxidation sites excluding steroid dienone is 1. The second-order valence-corrected chi connectivity index (χ2v) is 7.59. The minimum Gasteiger partial charge on any atom is -0.381 e. The van der Waals surface area contributed by atoms with Gasteiger partial charge in [-0.3, -0.25) is 0 Å². The quantitative estimate of drug-likeness (QED) is 0.828. The van der Waals surface area contributed by atoms with Crippen LogP contribution in [0.4, 0.5) is 5.69 Å². The molecule has 1 aromatic rings. The van der Waals surface area contributed by atoms with Crippen molar-refractivity contribution in [1.29, 1.82) is 0 Å². The molecule has 0 amide bonds. The van der Waals surface area contributed by atoms with Crippen LogP contribution in [0, 0.1) is 11.8 Å². The highest BCUT2D eigenvalue weighted by molar-refractivity contribution is 9.10. The van der Waals surface area contributed by atoms with Crippen molar-refractivity contribution in [3.63, 3.8) is 0 Å². The Kier molecular flexibility index (Phi) is 3.19. The van der Waals surface area contributed by atoms with Gasteiger partial charge in [-0.25, -0.2) is 13.6 Å². The molecular weight excluding hydrogens is 328 g/mol. The summed E-state index contributed by atoms with van der Waals surface area (Å²) in [6, 6.07) is 5.28. The first kappa shape index (κ1) is 13.1. The number of nitrogens with two attached hydrogens (primary N) is 1. The van der Waals surface area contributed by atoms with Gasteiger partial charge in [0.05, 0.1) is 4.90 Å². The molecule has 0 aromatic heterocycles.